The van der Waals surface area contributed by atoms with Crippen molar-refractivity contribution in [3.63, 3.8) is 0 Å². The molecule has 3 heteroatoms. The van der Waals surface area contributed by atoms with Gasteiger partial charge in [0.1, 0.15) is 12.2 Å². The molecule has 1 rings (SSSR count). The van der Waals surface area contributed by atoms with Gasteiger partial charge in [-0.1, -0.05) is 12.7 Å². The Morgan fingerprint density at radius 2 is 2.60 bits per heavy atom. The molecular formula is C7H8O3. The van der Waals surface area contributed by atoms with E-state index in [0.717, 1.165) is 0 Å². The first-order chi connectivity index (χ1) is 4.66. The molecule has 3 nitrogen and oxygen atoms in total. The third-order valence-corrected chi connectivity index (χ3v) is 1.31. The second kappa shape index (κ2) is 2.27. The van der Waals surface area contributed by atoms with Crippen molar-refractivity contribution in [2.24, 2.45) is 0 Å². The van der Waals surface area contributed by atoms with Crippen LogP contribution >= 0.6 is 0 Å². The van der Waals surface area contributed by atoms with Crippen LogP contribution in [0.4, 0.5) is 0 Å². The van der Waals surface area contributed by atoms with Crippen molar-refractivity contribution >= 4 is 5.97 Å². The summed E-state index contributed by atoms with van der Waals surface area (Å²) in [6, 6.07) is 0. The van der Waals surface area contributed by atoms with E-state index in [9.17, 15) is 9.90 Å². The number of hydrogen-bond donors (Lipinski definition) is 1. The molecule has 0 bridgehead atoms. The fourth-order valence-electron chi connectivity index (χ4n) is 0.622. The molecule has 0 saturated heterocycles. The van der Waals surface area contributed by atoms with Crippen LogP contribution in [0.5, 0.6) is 0 Å². The molecule has 1 atom stereocenters. The van der Waals surface area contributed by atoms with Gasteiger partial charge >= 0.3 is 5.97 Å². The maximum Gasteiger partial charge on any atom is 0.330 e. The molecule has 0 aromatic heterocycles. The summed E-state index contributed by atoms with van der Waals surface area (Å²) < 4.78 is 4.54. The van der Waals surface area contributed by atoms with E-state index in [1.54, 1.807) is 0 Å². The van der Waals surface area contributed by atoms with E-state index in [0.29, 0.717) is 0 Å². The van der Waals surface area contributed by atoms with Crippen molar-refractivity contribution < 1.29 is 14.6 Å². The van der Waals surface area contributed by atoms with Crippen LogP contribution in [0.2, 0.25) is 0 Å². The Kier molecular flexibility index (Phi) is 1.59. The second-order valence-electron chi connectivity index (χ2n) is 2.14. The van der Waals surface area contributed by atoms with Crippen molar-refractivity contribution in [1.82, 2.24) is 0 Å². The lowest BCUT2D eigenvalue weighted by Gasteiger charge is -2.22. The lowest BCUT2D eigenvalue weighted by Crippen LogP contribution is -2.33. The minimum Gasteiger partial charge on any atom is -0.459 e. The van der Waals surface area contributed by atoms with Crippen molar-refractivity contribution in [2.45, 2.75) is 5.60 Å². The molecule has 0 radical (unpaired) electrons. The van der Waals surface area contributed by atoms with Crippen molar-refractivity contribution in [1.29, 1.82) is 0 Å². The number of hydrogen-bond acceptors (Lipinski definition) is 3. The van der Waals surface area contributed by atoms with E-state index in [-0.39, 0.29) is 6.61 Å². The molecule has 0 aromatic carbocycles. The van der Waals surface area contributed by atoms with Gasteiger partial charge in [0, 0.05) is 6.08 Å². The third-order valence-electron chi connectivity index (χ3n) is 1.31. The monoisotopic (exact) mass is 140 g/mol. The highest BCUT2D eigenvalue weighted by atomic mass is 16.5. The van der Waals surface area contributed by atoms with Crippen LogP contribution in [0.15, 0.2) is 24.8 Å². The molecule has 10 heavy (non-hydrogen) atoms. The fourth-order valence-corrected chi connectivity index (χ4v) is 0.622. The van der Waals surface area contributed by atoms with Crippen molar-refractivity contribution in [3.05, 3.63) is 24.8 Å². The Labute approximate surface area is 58.6 Å². The highest BCUT2D eigenvalue weighted by molar-refractivity contribution is 5.83. The molecule has 0 aliphatic carbocycles. The summed E-state index contributed by atoms with van der Waals surface area (Å²) in [6.45, 7) is 3.35. The summed E-state index contributed by atoms with van der Waals surface area (Å²) in [6.07, 6.45) is 3.88. The molecule has 0 amide bonds. The Hall–Kier alpha value is -1.09. The van der Waals surface area contributed by atoms with Gasteiger partial charge in [-0.3, -0.25) is 0 Å². The summed E-state index contributed by atoms with van der Waals surface area (Å²) in [4.78, 5) is 10.4. The zero-order chi connectivity index (χ0) is 7.61. The largest absolute Gasteiger partial charge is 0.459 e. The highest BCUT2D eigenvalue weighted by Gasteiger charge is 2.24. The second-order valence-corrected chi connectivity index (χ2v) is 2.14. The smallest absolute Gasteiger partial charge is 0.330 e. The lowest BCUT2D eigenvalue weighted by molar-refractivity contribution is -0.143. The van der Waals surface area contributed by atoms with Crippen LogP contribution in [0.25, 0.3) is 0 Å². The molecule has 1 unspecified atom stereocenters. The van der Waals surface area contributed by atoms with Gasteiger partial charge in [-0.05, 0) is 6.08 Å². The predicted octanol–water partition coefficient (Wildman–Crippen LogP) is 0.0165. The molecule has 0 spiro atoms. The van der Waals surface area contributed by atoms with Crippen LogP contribution in [0.1, 0.15) is 0 Å². The number of esters is 1. The normalized spacial score (nSPS) is 31.5. The summed E-state index contributed by atoms with van der Waals surface area (Å²) in [5.74, 6) is -0.425. The summed E-state index contributed by atoms with van der Waals surface area (Å²) in [7, 11) is 0. The van der Waals surface area contributed by atoms with E-state index in [1.165, 1.54) is 18.2 Å². The molecule has 54 valence electrons. The first kappa shape index (κ1) is 7.02. The minimum atomic E-state index is -1.16. The molecule has 0 fully saturated rings. The molecule has 1 N–H and O–H groups in total. The van der Waals surface area contributed by atoms with E-state index in [4.69, 9.17) is 0 Å². The maximum absolute atomic E-state index is 10.4. The number of rotatable bonds is 1. The zero-order valence-corrected chi connectivity index (χ0v) is 5.41. The fraction of sp³-hybridized carbons (Fsp3) is 0.286. The topological polar surface area (TPSA) is 46.5 Å². The summed E-state index contributed by atoms with van der Waals surface area (Å²) in [5.41, 5.74) is -1.16. The SMILES string of the molecule is C=CC1(O)C=CC(=O)OC1. The van der Waals surface area contributed by atoms with Gasteiger partial charge in [0.2, 0.25) is 0 Å². The number of aliphatic hydroxyl groups is 1. The molecule has 1 heterocycles. The zero-order valence-electron chi connectivity index (χ0n) is 5.41. The molecule has 0 saturated carbocycles. The highest BCUT2D eigenvalue weighted by Crippen LogP contribution is 2.12. The predicted molar refractivity (Wildman–Crippen MR) is 35.2 cm³/mol. The van der Waals surface area contributed by atoms with Gasteiger partial charge in [-0.2, -0.15) is 0 Å². The Balaban J connectivity index is 2.77. The summed E-state index contributed by atoms with van der Waals surface area (Å²) >= 11 is 0. The van der Waals surface area contributed by atoms with Crippen LogP contribution in [0, 0.1) is 0 Å². The molecular weight excluding hydrogens is 132 g/mol. The van der Waals surface area contributed by atoms with Crippen LogP contribution in [0.3, 0.4) is 0 Å². The molecule has 0 aromatic rings. The molecule has 1 aliphatic rings. The van der Waals surface area contributed by atoms with E-state index in [1.807, 2.05) is 0 Å². The quantitative estimate of drug-likeness (QED) is 0.412. The van der Waals surface area contributed by atoms with Gasteiger partial charge in [0.25, 0.3) is 0 Å². The van der Waals surface area contributed by atoms with E-state index in [2.05, 4.69) is 11.3 Å². The number of cyclic esters (lactones) is 1. The van der Waals surface area contributed by atoms with Crippen LogP contribution in [-0.2, 0) is 9.53 Å². The van der Waals surface area contributed by atoms with E-state index >= 15 is 0 Å². The first-order valence-electron chi connectivity index (χ1n) is 2.88. The minimum absolute atomic E-state index is 0.0359. The van der Waals surface area contributed by atoms with Crippen LogP contribution in [-0.4, -0.2) is 23.3 Å². The average molecular weight is 140 g/mol. The molecule has 1 aliphatic heterocycles. The third kappa shape index (κ3) is 1.25. The van der Waals surface area contributed by atoms with Gasteiger partial charge in [-0.15, -0.1) is 0 Å². The van der Waals surface area contributed by atoms with Gasteiger partial charge < -0.3 is 9.84 Å². The number of ether oxygens (including phenoxy) is 1. The van der Waals surface area contributed by atoms with Crippen LogP contribution < -0.4 is 0 Å². The Bertz CT molecular complexity index is 195. The lowest BCUT2D eigenvalue weighted by atomic mass is 10.0. The standard InChI is InChI=1S/C7H8O3/c1-2-7(9)4-3-6(8)10-5-7/h2-4,9H,1,5H2. The van der Waals surface area contributed by atoms with E-state index < -0.39 is 11.6 Å². The van der Waals surface area contributed by atoms with Gasteiger partial charge in [0.05, 0.1) is 0 Å². The van der Waals surface area contributed by atoms with Crippen molar-refractivity contribution in [3.8, 4) is 0 Å². The number of carbonyl (C=O) groups excluding carboxylic acids is 1. The summed E-state index contributed by atoms with van der Waals surface area (Å²) in [5, 5.41) is 9.32. The average Bonchev–Trinajstić information content (AvgIpc) is 1.96. The van der Waals surface area contributed by atoms with Gasteiger partial charge in [-0.25, -0.2) is 4.79 Å². The van der Waals surface area contributed by atoms with Crippen molar-refractivity contribution in [2.75, 3.05) is 6.61 Å². The Morgan fingerprint density at radius 3 is 3.00 bits per heavy atom. The maximum atomic E-state index is 10.4. The van der Waals surface area contributed by atoms with Gasteiger partial charge in [0.15, 0.2) is 0 Å². The first-order valence-corrected chi connectivity index (χ1v) is 2.88. The number of carbonyl (C=O) groups is 1. The Morgan fingerprint density at radius 1 is 1.90 bits per heavy atom.